The zero-order valence-corrected chi connectivity index (χ0v) is 11.6. The normalized spacial score (nSPS) is 15.2. The van der Waals surface area contributed by atoms with E-state index in [0.717, 1.165) is 30.3 Å². The summed E-state index contributed by atoms with van der Waals surface area (Å²) in [4.78, 5) is 22.3. The highest BCUT2D eigenvalue weighted by Crippen LogP contribution is 2.35. The van der Waals surface area contributed by atoms with Crippen LogP contribution in [0.1, 0.15) is 20.7 Å². The van der Waals surface area contributed by atoms with E-state index in [0.29, 0.717) is 0 Å². The molecule has 3 rings (SSSR count). The fourth-order valence-electron chi connectivity index (χ4n) is 2.25. The maximum atomic E-state index is 13.9. The van der Waals surface area contributed by atoms with Gasteiger partial charge in [-0.1, -0.05) is 6.07 Å². The van der Waals surface area contributed by atoms with Gasteiger partial charge in [0.2, 0.25) is 9.84 Å². The molecule has 0 spiro atoms. The van der Waals surface area contributed by atoms with Gasteiger partial charge < -0.3 is 10.4 Å². The third kappa shape index (κ3) is 1.96. The van der Waals surface area contributed by atoms with Crippen LogP contribution in [0, 0.1) is 5.82 Å². The third-order valence-electron chi connectivity index (χ3n) is 3.26. The minimum absolute atomic E-state index is 0.194. The van der Waals surface area contributed by atoms with Gasteiger partial charge in [0.1, 0.15) is 5.82 Å². The molecule has 0 aliphatic carbocycles. The molecule has 0 radical (unpaired) electrons. The number of amides is 1. The first kappa shape index (κ1) is 14.2. The van der Waals surface area contributed by atoms with Crippen LogP contribution in [0.2, 0.25) is 0 Å². The summed E-state index contributed by atoms with van der Waals surface area (Å²) < 4.78 is 39.0. The number of benzene rings is 2. The van der Waals surface area contributed by atoms with Crippen LogP contribution >= 0.6 is 0 Å². The Morgan fingerprint density at radius 3 is 2.55 bits per heavy atom. The van der Waals surface area contributed by atoms with Crippen LogP contribution in [0.5, 0.6) is 0 Å². The number of carbonyl (C=O) groups excluding carboxylic acids is 1. The molecule has 0 aromatic heterocycles. The van der Waals surface area contributed by atoms with E-state index >= 15 is 0 Å². The van der Waals surface area contributed by atoms with Crippen molar-refractivity contribution in [2.45, 2.75) is 9.79 Å². The van der Waals surface area contributed by atoms with E-state index in [-0.39, 0.29) is 16.1 Å². The number of sulfone groups is 1. The summed E-state index contributed by atoms with van der Waals surface area (Å²) in [6.07, 6.45) is 0. The van der Waals surface area contributed by atoms with Crippen LogP contribution in [-0.2, 0) is 9.84 Å². The molecule has 0 unspecified atom stereocenters. The number of carboxylic acid groups (broad SMARTS) is 1. The summed E-state index contributed by atoms with van der Waals surface area (Å²) in [5, 5.41) is 11.2. The molecule has 0 bridgehead atoms. The number of rotatable bonds is 1. The maximum absolute atomic E-state index is 13.9. The fraction of sp³-hybridized carbons (Fsp3) is 0. The van der Waals surface area contributed by atoms with Crippen molar-refractivity contribution in [2.24, 2.45) is 0 Å². The zero-order chi connectivity index (χ0) is 16.1. The fourth-order valence-corrected chi connectivity index (χ4v) is 3.85. The average molecular weight is 321 g/mol. The van der Waals surface area contributed by atoms with Gasteiger partial charge in [-0.25, -0.2) is 17.6 Å². The molecule has 0 saturated heterocycles. The van der Waals surface area contributed by atoms with Crippen molar-refractivity contribution in [2.75, 3.05) is 5.32 Å². The van der Waals surface area contributed by atoms with Crippen LogP contribution < -0.4 is 5.32 Å². The number of carboxylic acids is 1. The quantitative estimate of drug-likeness (QED) is 0.836. The number of aromatic carboxylic acids is 1. The Labute approximate surface area is 124 Å². The van der Waals surface area contributed by atoms with Gasteiger partial charge in [-0.2, -0.15) is 0 Å². The second kappa shape index (κ2) is 4.63. The van der Waals surface area contributed by atoms with Crippen LogP contribution in [-0.4, -0.2) is 25.4 Å². The summed E-state index contributed by atoms with van der Waals surface area (Å²) in [5.41, 5.74) is -0.975. The first-order valence-corrected chi connectivity index (χ1v) is 7.53. The lowest BCUT2D eigenvalue weighted by Gasteiger charge is -2.07. The SMILES string of the molecule is O=C(O)c1ccc2c(c1)NC(=O)c1c(F)cccc1S2(=O)=O. The number of fused-ring (bicyclic) bond motifs is 2. The first-order chi connectivity index (χ1) is 10.3. The molecule has 1 aliphatic heterocycles. The minimum atomic E-state index is -4.15. The molecule has 1 aliphatic rings. The molecule has 0 fully saturated rings. The van der Waals surface area contributed by atoms with E-state index in [9.17, 15) is 22.4 Å². The minimum Gasteiger partial charge on any atom is -0.478 e. The van der Waals surface area contributed by atoms with E-state index in [1.807, 2.05) is 0 Å². The summed E-state index contributed by atoms with van der Waals surface area (Å²) in [6, 6.07) is 6.51. The molecule has 2 aromatic carbocycles. The average Bonchev–Trinajstić information content (AvgIpc) is 2.53. The van der Waals surface area contributed by atoms with Crippen LogP contribution in [0.15, 0.2) is 46.2 Å². The predicted octanol–water partition coefficient (Wildman–Crippen LogP) is 1.92. The Morgan fingerprint density at radius 1 is 1.14 bits per heavy atom. The number of nitrogens with one attached hydrogen (secondary N) is 1. The summed E-state index contributed by atoms with van der Waals surface area (Å²) >= 11 is 0. The molecular formula is C14H8FNO5S. The highest BCUT2D eigenvalue weighted by Gasteiger charge is 2.33. The standard InChI is InChI=1S/C14H8FNO5S/c15-8-2-1-3-11-12(8)13(17)16-9-6-7(14(18)19)4-5-10(9)22(11,20)21/h1-6H,(H,16,17)(H,18,19). The Morgan fingerprint density at radius 2 is 1.86 bits per heavy atom. The molecular weight excluding hydrogens is 313 g/mol. The summed E-state index contributed by atoms with van der Waals surface area (Å²) in [6.45, 7) is 0. The van der Waals surface area contributed by atoms with Gasteiger partial charge >= 0.3 is 5.97 Å². The van der Waals surface area contributed by atoms with Crippen molar-refractivity contribution in [1.82, 2.24) is 0 Å². The van der Waals surface area contributed by atoms with Gasteiger partial charge in [0.25, 0.3) is 5.91 Å². The Hall–Kier alpha value is -2.74. The molecule has 6 nitrogen and oxygen atoms in total. The molecule has 1 heterocycles. The Balaban J connectivity index is 2.36. The monoisotopic (exact) mass is 321 g/mol. The number of anilines is 1. The maximum Gasteiger partial charge on any atom is 0.335 e. The van der Waals surface area contributed by atoms with Gasteiger partial charge in [0.15, 0.2) is 0 Å². The Kier molecular flexibility index (Phi) is 2.99. The van der Waals surface area contributed by atoms with Crippen molar-refractivity contribution >= 4 is 27.4 Å². The molecule has 2 aromatic rings. The van der Waals surface area contributed by atoms with Crippen molar-refractivity contribution < 1.29 is 27.5 Å². The van der Waals surface area contributed by atoms with E-state index in [1.54, 1.807) is 0 Å². The number of hydrogen-bond acceptors (Lipinski definition) is 4. The van der Waals surface area contributed by atoms with Crippen molar-refractivity contribution in [3.63, 3.8) is 0 Å². The molecule has 0 saturated carbocycles. The van der Waals surface area contributed by atoms with Crippen molar-refractivity contribution in [3.05, 3.63) is 53.3 Å². The molecule has 22 heavy (non-hydrogen) atoms. The van der Waals surface area contributed by atoms with Gasteiger partial charge in [-0.15, -0.1) is 0 Å². The van der Waals surface area contributed by atoms with E-state index in [4.69, 9.17) is 5.11 Å². The predicted molar refractivity (Wildman–Crippen MR) is 73.2 cm³/mol. The van der Waals surface area contributed by atoms with Crippen LogP contribution in [0.4, 0.5) is 10.1 Å². The van der Waals surface area contributed by atoms with Crippen LogP contribution in [0.25, 0.3) is 0 Å². The number of hydrogen-bond donors (Lipinski definition) is 2. The van der Waals surface area contributed by atoms with Gasteiger partial charge in [-0.05, 0) is 30.3 Å². The number of carbonyl (C=O) groups is 2. The van der Waals surface area contributed by atoms with E-state index in [1.165, 1.54) is 6.07 Å². The topological polar surface area (TPSA) is 101 Å². The highest BCUT2D eigenvalue weighted by molar-refractivity contribution is 7.91. The first-order valence-electron chi connectivity index (χ1n) is 6.04. The lowest BCUT2D eigenvalue weighted by atomic mass is 10.1. The summed E-state index contributed by atoms with van der Waals surface area (Å²) in [5.74, 6) is -3.19. The summed E-state index contributed by atoms with van der Waals surface area (Å²) in [7, 11) is -4.15. The lowest BCUT2D eigenvalue weighted by Crippen LogP contribution is -2.14. The van der Waals surface area contributed by atoms with Gasteiger partial charge in [0.05, 0.1) is 26.6 Å². The molecule has 0 atom stereocenters. The second-order valence-corrected chi connectivity index (χ2v) is 6.47. The van der Waals surface area contributed by atoms with Crippen molar-refractivity contribution in [3.8, 4) is 0 Å². The zero-order valence-electron chi connectivity index (χ0n) is 10.8. The molecule has 8 heteroatoms. The number of halogens is 1. The third-order valence-corrected chi connectivity index (χ3v) is 5.11. The van der Waals surface area contributed by atoms with Crippen molar-refractivity contribution in [1.29, 1.82) is 0 Å². The lowest BCUT2D eigenvalue weighted by molar-refractivity contribution is 0.0696. The molecule has 2 N–H and O–H groups in total. The largest absolute Gasteiger partial charge is 0.478 e. The Bertz CT molecular complexity index is 936. The van der Waals surface area contributed by atoms with E-state index < -0.39 is 38.0 Å². The van der Waals surface area contributed by atoms with Gasteiger partial charge in [0, 0.05) is 0 Å². The smallest absolute Gasteiger partial charge is 0.335 e. The highest BCUT2D eigenvalue weighted by atomic mass is 32.2. The molecule has 112 valence electrons. The second-order valence-electron chi connectivity index (χ2n) is 4.59. The van der Waals surface area contributed by atoms with Crippen LogP contribution in [0.3, 0.4) is 0 Å². The van der Waals surface area contributed by atoms with E-state index in [2.05, 4.69) is 5.32 Å². The van der Waals surface area contributed by atoms with Gasteiger partial charge in [-0.3, -0.25) is 4.79 Å². The molecule has 1 amide bonds.